The Morgan fingerprint density at radius 1 is 1.48 bits per heavy atom. The maximum Gasteiger partial charge on any atom is 0.273 e. The average molecular weight is 292 g/mol. The van der Waals surface area contributed by atoms with Crippen LogP contribution in [0.25, 0.3) is 11.5 Å². The number of rotatable bonds is 6. The van der Waals surface area contributed by atoms with E-state index in [0.717, 1.165) is 0 Å². The van der Waals surface area contributed by atoms with E-state index >= 15 is 0 Å². The summed E-state index contributed by atoms with van der Waals surface area (Å²) in [5, 5.41) is 17.8. The first-order valence-corrected chi connectivity index (χ1v) is 6.40. The van der Waals surface area contributed by atoms with Gasteiger partial charge in [-0.2, -0.15) is 4.98 Å². The first-order valence-electron chi connectivity index (χ1n) is 6.40. The standard InChI is InChI=1S/C13H16N4O4/c1-8(2)14-7-12-15-13(21-16-12)10-5-4-9(17(18)19)6-11(10)20-3/h4-6,8,14H,7H2,1-3H3. The maximum absolute atomic E-state index is 10.8. The molecule has 0 atom stereocenters. The minimum absolute atomic E-state index is 0.0585. The second-order valence-corrected chi connectivity index (χ2v) is 4.69. The van der Waals surface area contributed by atoms with Gasteiger partial charge in [-0.3, -0.25) is 10.1 Å². The van der Waals surface area contributed by atoms with Gasteiger partial charge in [-0.15, -0.1) is 0 Å². The zero-order valence-electron chi connectivity index (χ0n) is 12.0. The fourth-order valence-corrected chi connectivity index (χ4v) is 1.70. The summed E-state index contributed by atoms with van der Waals surface area (Å²) in [5.41, 5.74) is 0.461. The predicted molar refractivity (Wildman–Crippen MR) is 74.9 cm³/mol. The molecule has 0 aliphatic carbocycles. The second-order valence-electron chi connectivity index (χ2n) is 4.69. The van der Waals surface area contributed by atoms with Gasteiger partial charge in [-0.1, -0.05) is 19.0 Å². The molecule has 1 aromatic carbocycles. The van der Waals surface area contributed by atoms with Crippen LogP contribution >= 0.6 is 0 Å². The van der Waals surface area contributed by atoms with Gasteiger partial charge in [0.2, 0.25) is 0 Å². The highest BCUT2D eigenvalue weighted by Gasteiger charge is 2.17. The largest absolute Gasteiger partial charge is 0.496 e. The first kappa shape index (κ1) is 14.9. The molecule has 1 aromatic heterocycles. The van der Waals surface area contributed by atoms with E-state index in [-0.39, 0.29) is 11.6 Å². The van der Waals surface area contributed by atoms with E-state index < -0.39 is 4.92 Å². The smallest absolute Gasteiger partial charge is 0.273 e. The van der Waals surface area contributed by atoms with Gasteiger partial charge in [0, 0.05) is 12.1 Å². The molecule has 8 nitrogen and oxygen atoms in total. The van der Waals surface area contributed by atoms with Gasteiger partial charge in [0.25, 0.3) is 11.6 Å². The summed E-state index contributed by atoms with van der Waals surface area (Å²) in [5.74, 6) is 1.10. The Kier molecular flexibility index (Phi) is 4.49. The molecule has 0 aliphatic heterocycles. The molecular formula is C13H16N4O4. The van der Waals surface area contributed by atoms with Gasteiger partial charge in [-0.25, -0.2) is 0 Å². The number of ether oxygens (including phenoxy) is 1. The summed E-state index contributed by atoms with van der Waals surface area (Å²) < 4.78 is 10.3. The Bertz CT molecular complexity index is 639. The summed E-state index contributed by atoms with van der Waals surface area (Å²) in [7, 11) is 1.43. The fourth-order valence-electron chi connectivity index (χ4n) is 1.70. The number of aromatic nitrogens is 2. The van der Waals surface area contributed by atoms with Crippen LogP contribution in [0.4, 0.5) is 5.69 Å². The summed E-state index contributed by atoms with van der Waals surface area (Å²) in [6.07, 6.45) is 0. The Labute approximate surface area is 121 Å². The average Bonchev–Trinajstić information content (AvgIpc) is 2.93. The number of hydrogen-bond donors (Lipinski definition) is 1. The minimum atomic E-state index is -0.488. The fraction of sp³-hybridized carbons (Fsp3) is 0.385. The van der Waals surface area contributed by atoms with Crippen LogP contribution in [0.15, 0.2) is 22.7 Å². The van der Waals surface area contributed by atoms with Crippen molar-refractivity contribution in [2.24, 2.45) is 0 Å². The van der Waals surface area contributed by atoms with Crippen LogP contribution in [0, 0.1) is 10.1 Å². The van der Waals surface area contributed by atoms with Crippen LogP contribution in [0.1, 0.15) is 19.7 Å². The number of nitrogens with one attached hydrogen (secondary N) is 1. The van der Waals surface area contributed by atoms with E-state index in [1.54, 1.807) is 0 Å². The third-order valence-corrected chi connectivity index (χ3v) is 2.76. The van der Waals surface area contributed by atoms with E-state index in [1.165, 1.54) is 25.3 Å². The molecule has 8 heteroatoms. The van der Waals surface area contributed by atoms with E-state index in [0.29, 0.717) is 29.7 Å². The van der Waals surface area contributed by atoms with Crippen LogP contribution in [-0.4, -0.2) is 28.2 Å². The summed E-state index contributed by atoms with van der Waals surface area (Å²) >= 11 is 0. The number of benzene rings is 1. The molecule has 0 amide bonds. The summed E-state index contributed by atoms with van der Waals surface area (Å²) in [6.45, 7) is 4.51. The predicted octanol–water partition coefficient (Wildman–Crippen LogP) is 2.15. The highest BCUT2D eigenvalue weighted by atomic mass is 16.6. The molecule has 112 valence electrons. The van der Waals surface area contributed by atoms with Gasteiger partial charge in [0.1, 0.15) is 5.75 Å². The van der Waals surface area contributed by atoms with Gasteiger partial charge >= 0.3 is 0 Å². The third-order valence-electron chi connectivity index (χ3n) is 2.76. The van der Waals surface area contributed by atoms with E-state index in [4.69, 9.17) is 9.26 Å². The molecule has 1 heterocycles. The lowest BCUT2D eigenvalue weighted by molar-refractivity contribution is -0.384. The molecule has 0 unspecified atom stereocenters. The van der Waals surface area contributed by atoms with Crippen molar-refractivity contribution in [3.05, 3.63) is 34.1 Å². The van der Waals surface area contributed by atoms with Crippen LogP contribution in [0.3, 0.4) is 0 Å². The van der Waals surface area contributed by atoms with E-state index in [1.807, 2.05) is 13.8 Å². The zero-order valence-corrected chi connectivity index (χ0v) is 12.0. The van der Waals surface area contributed by atoms with Gasteiger partial charge in [0.15, 0.2) is 5.82 Å². The summed E-state index contributed by atoms with van der Waals surface area (Å²) in [6, 6.07) is 4.53. The number of non-ortho nitro benzene ring substituents is 1. The zero-order chi connectivity index (χ0) is 15.4. The van der Waals surface area contributed by atoms with Crippen molar-refractivity contribution >= 4 is 5.69 Å². The first-order chi connectivity index (χ1) is 10.0. The van der Waals surface area contributed by atoms with Crippen molar-refractivity contribution in [1.29, 1.82) is 0 Å². The molecule has 0 spiro atoms. The lowest BCUT2D eigenvalue weighted by atomic mass is 10.2. The van der Waals surface area contributed by atoms with Crippen molar-refractivity contribution < 1.29 is 14.2 Å². The Morgan fingerprint density at radius 3 is 2.86 bits per heavy atom. The molecule has 0 aliphatic rings. The monoisotopic (exact) mass is 292 g/mol. The van der Waals surface area contributed by atoms with Gasteiger partial charge < -0.3 is 14.6 Å². The normalized spacial score (nSPS) is 10.9. The van der Waals surface area contributed by atoms with E-state index in [2.05, 4.69) is 15.5 Å². The molecule has 21 heavy (non-hydrogen) atoms. The highest BCUT2D eigenvalue weighted by Crippen LogP contribution is 2.32. The number of hydrogen-bond acceptors (Lipinski definition) is 7. The van der Waals surface area contributed by atoms with Crippen molar-refractivity contribution in [2.45, 2.75) is 26.4 Å². The maximum atomic E-state index is 10.8. The van der Waals surface area contributed by atoms with Gasteiger partial charge in [-0.05, 0) is 6.07 Å². The van der Waals surface area contributed by atoms with Crippen molar-refractivity contribution in [3.63, 3.8) is 0 Å². The Balaban J connectivity index is 2.27. The minimum Gasteiger partial charge on any atom is -0.496 e. The molecule has 0 fully saturated rings. The number of methoxy groups -OCH3 is 1. The Hall–Kier alpha value is -2.48. The third kappa shape index (κ3) is 3.54. The second kappa shape index (κ2) is 6.31. The molecular weight excluding hydrogens is 276 g/mol. The van der Waals surface area contributed by atoms with Crippen molar-refractivity contribution in [2.75, 3.05) is 7.11 Å². The lowest BCUT2D eigenvalue weighted by Gasteiger charge is -2.04. The molecule has 2 aromatic rings. The van der Waals surface area contributed by atoms with Gasteiger partial charge in [0.05, 0.1) is 30.2 Å². The lowest BCUT2D eigenvalue weighted by Crippen LogP contribution is -2.22. The van der Waals surface area contributed by atoms with Crippen molar-refractivity contribution in [3.8, 4) is 17.2 Å². The molecule has 2 rings (SSSR count). The molecule has 1 N–H and O–H groups in total. The van der Waals surface area contributed by atoms with Crippen LogP contribution in [-0.2, 0) is 6.54 Å². The SMILES string of the molecule is COc1cc([N+](=O)[O-])ccc1-c1nc(CNC(C)C)no1. The summed E-state index contributed by atoms with van der Waals surface area (Å²) in [4.78, 5) is 14.5. The number of nitro benzene ring substituents is 1. The highest BCUT2D eigenvalue weighted by molar-refractivity contribution is 5.65. The van der Waals surface area contributed by atoms with Crippen LogP contribution < -0.4 is 10.1 Å². The molecule has 0 saturated carbocycles. The topological polar surface area (TPSA) is 103 Å². The molecule has 0 saturated heterocycles. The van der Waals surface area contributed by atoms with Crippen LogP contribution in [0.2, 0.25) is 0 Å². The number of nitrogens with zero attached hydrogens (tertiary/aromatic N) is 3. The van der Waals surface area contributed by atoms with E-state index in [9.17, 15) is 10.1 Å². The quantitative estimate of drug-likeness (QED) is 0.642. The van der Waals surface area contributed by atoms with Crippen LogP contribution in [0.5, 0.6) is 5.75 Å². The Morgan fingerprint density at radius 2 is 2.24 bits per heavy atom. The number of nitro groups is 1. The van der Waals surface area contributed by atoms with Crippen molar-refractivity contribution in [1.82, 2.24) is 15.5 Å². The molecule has 0 bridgehead atoms. The molecule has 0 radical (unpaired) electrons.